The Kier molecular flexibility index (Phi) is 5.41. The fourth-order valence-corrected chi connectivity index (χ4v) is 4.33. The van der Waals surface area contributed by atoms with E-state index in [0.29, 0.717) is 50.0 Å². The van der Waals surface area contributed by atoms with Gasteiger partial charge in [-0.25, -0.2) is 12.7 Å². The molecule has 4 heterocycles. The molecule has 1 fully saturated rings. The molecule has 4 rings (SSSR count). The van der Waals surface area contributed by atoms with Crippen molar-refractivity contribution in [3.63, 3.8) is 0 Å². The van der Waals surface area contributed by atoms with Gasteiger partial charge in [0.05, 0.1) is 19.1 Å². The van der Waals surface area contributed by atoms with Gasteiger partial charge in [0.1, 0.15) is 0 Å². The van der Waals surface area contributed by atoms with Crippen molar-refractivity contribution >= 4 is 21.6 Å². The highest BCUT2D eigenvalue weighted by Gasteiger charge is 2.25. The van der Waals surface area contributed by atoms with E-state index in [1.54, 1.807) is 10.7 Å². The second-order valence-corrected chi connectivity index (χ2v) is 9.16. The van der Waals surface area contributed by atoms with Gasteiger partial charge in [0.25, 0.3) is 0 Å². The van der Waals surface area contributed by atoms with Gasteiger partial charge in [-0.1, -0.05) is 6.92 Å². The lowest BCUT2D eigenvalue weighted by atomic mass is 10.1. The van der Waals surface area contributed by atoms with Gasteiger partial charge in [-0.05, 0) is 31.4 Å². The van der Waals surface area contributed by atoms with Crippen molar-refractivity contribution in [1.29, 1.82) is 0 Å². The number of hydrogen-bond donors (Lipinski definition) is 2. The predicted octanol–water partition coefficient (Wildman–Crippen LogP) is 1.74. The molecule has 10 nitrogen and oxygen atoms in total. The number of ether oxygens (including phenoxy) is 1. The quantitative estimate of drug-likeness (QED) is 0.599. The van der Waals surface area contributed by atoms with Crippen LogP contribution in [0.5, 0.6) is 5.88 Å². The second-order valence-electron chi connectivity index (χ2n) is 7.17. The SMILES string of the molecule is CCCOc1c(-c2cn[nH]c2)ccc2nc(NC3CCN(S(C)(=O)=O)CC3)nn12. The molecule has 0 atom stereocenters. The largest absolute Gasteiger partial charge is 0.477 e. The molecule has 0 saturated carbocycles. The van der Waals surface area contributed by atoms with Crippen LogP contribution in [0.15, 0.2) is 24.5 Å². The lowest BCUT2D eigenvalue weighted by molar-refractivity contribution is 0.299. The number of aromatic amines is 1. The van der Waals surface area contributed by atoms with Crippen LogP contribution in [0.25, 0.3) is 16.8 Å². The van der Waals surface area contributed by atoms with Crippen LogP contribution >= 0.6 is 0 Å². The minimum absolute atomic E-state index is 0.124. The van der Waals surface area contributed by atoms with Crippen LogP contribution in [0.1, 0.15) is 26.2 Å². The molecule has 156 valence electrons. The van der Waals surface area contributed by atoms with E-state index in [1.807, 2.05) is 18.3 Å². The van der Waals surface area contributed by atoms with Crippen molar-refractivity contribution in [2.24, 2.45) is 0 Å². The highest BCUT2D eigenvalue weighted by atomic mass is 32.2. The Morgan fingerprint density at radius 2 is 2.10 bits per heavy atom. The standard InChI is InChI=1S/C18H25N7O3S/c1-3-10-28-17-15(13-11-19-20-12-13)4-5-16-22-18(23-25(16)17)21-14-6-8-24(9-7-14)29(2,26)27/h4-5,11-12,14H,3,6-10H2,1-2H3,(H,19,20)(H,21,23). The number of nitrogens with one attached hydrogen (secondary N) is 2. The minimum Gasteiger partial charge on any atom is -0.477 e. The van der Waals surface area contributed by atoms with E-state index < -0.39 is 10.0 Å². The number of hydrogen-bond acceptors (Lipinski definition) is 7. The summed E-state index contributed by atoms with van der Waals surface area (Å²) in [6, 6.07) is 3.97. The number of H-pyrrole nitrogens is 1. The minimum atomic E-state index is -3.14. The van der Waals surface area contributed by atoms with Gasteiger partial charge in [-0.2, -0.15) is 14.6 Å². The molecule has 11 heteroatoms. The fraction of sp³-hybridized carbons (Fsp3) is 0.500. The highest BCUT2D eigenvalue weighted by molar-refractivity contribution is 7.88. The number of piperidine rings is 1. The van der Waals surface area contributed by atoms with Gasteiger partial charge in [0.2, 0.25) is 21.9 Å². The molecule has 1 aliphatic heterocycles. The molecule has 0 unspecified atom stereocenters. The Hall–Kier alpha value is -2.66. The smallest absolute Gasteiger partial charge is 0.243 e. The first-order valence-corrected chi connectivity index (χ1v) is 11.5. The molecular formula is C18H25N7O3S. The van der Waals surface area contributed by atoms with Crippen LogP contribution < -0.4 is 10.1 Å². The summed E-state index contributed by atoms with van der Waals surface area (Å²) in [5.41, 5.74) is 2.48. The van der Waals surface area contributed by atoms with Crippen molar-refractivity contribution in [2.75, 3.05) is 31.3 Å². The molecule has 3 aromatic rings. The Balaban J connectivity index is 1.57. The summed E-state index contributed by atoms with van der Waals surface area (Å²) in [7, 11) is -3.14. The van der Waals surface area contributed by atoms with Crippen molar-refractivity contribution in [3.05, 3.63) is 24.5 Å². The number of rotatable bonds is 7. The molecule has 2 N–H and O–H groups in total. The zero-order chi connectivity index (χ0) is 20.4. The Bertz CT molecular complexity index is 1070. The summed E-state index contributed by atoms with van der Waals surface area (Å²) in [6.45, 7) is 3.62. The van der Waals surface area contributed by atoms with Gasteiger partial charge >= 0.3 is 0 Å². The molecule has 0 bridgehead atoms. The summed E-state index contributed by atoms with van der Waals surface area (Å²) in [5, 5.41) is 14.8. The maximum atomic E-state index is 11.7. The molecule has 29 heavy (non-hydrogen) atoms. The van der Waals surface area contributed by atoms with E-state index in [4.69, 9.17) is 4.74 Å². The number of pyridine rings is 1. The molecule has 0 aliphatic carbocycles. The molecule has 3 aromatic heterocycles. The van der Waals surface area contributed by atoms with E-state index in [-0.39, 0.29) is 6.04 Å². The zero-order valence-corrected chi connectivity index (χ0v) is 17.3. The topological polar surface area (TPSA) is 118 Å². The lowest BCUT2D eigenvalue weighted by Crippen LogP contribution is -2.41. The van der Waals surface area contributed by atoms with E-state index in [1.165, 1.54) is 10.6 Å². The van der Waals surface area contributed by atoms with Crippen LogP contribution in [0, 0.1) is 0 Å². The maximum absolute atomic E-state index is 11.7. The van der Waals surface area contributed by atoms with Gasteiger partial charge in [-0.15, -0.1) is 5.10 Å². The average Bonchev–Trinajstić information content (AvgIpc) is 3.35. The highest BCUT2D eigenvalue weighted by Crippen LogP contribution is 2.30. The third kappa shape index (κ3) is 4.20. The number of anilines is 1. The Labute approximate surface area is 169 Å². The third-order valence-electron chi connectivity index (χ3n) is 4.96. The number of fused-ring (bicyclic) bond motifs is 1. The average molecular weight is 420 g/mol. The third-order valence-corrected chi connectivity index (χ3v) is 6.27. The molecular weight excluding hydrogens is 394 g/mol. The number of nitrogens with zero attached hydrogens (tertiary/aromatic N) is 5. The molecule has 1 aliphatic rings. The van der Waals surface area contributed by atoms with Gasteiger partial charge in [0, 0.05) is 36.5 Å². The van der Waals surface area contributed by atoms with Crippen molar-refractivity contribution in [1.82, 2.24) is 29.1 Å². The van der Waals surface area contributed by atoms with Crippen molar-refractivity contribution in [3.8, 4) is 17.0 Å². The summed E-state index contributed by atoms with van der Waals surface area (Å²) in [6.07, 6.45) is 7.10. The summed E-state index contributed by atoms with van der Waals surface area (Å²) < 4.78 is 32.6. The summed E-state index contributed by atoms with van der Waals surface area (Å²) in [4.78, 5) is 4.57. The Morgan fingerprint density at radius 1 is 1.31 bits per heavy atom. The van der Waals surface area contributed by atoms with Crippen LogP contribution in [0.4, 0.5) is 5.95 Å². The van der Waals surface area contributed by atoms with E-state index in [9.17, 15) is 8.42 Å². The van der Waals surface area contributed by atoms with Crippen molar-refractivity contribution in [2.45, 2.75) is 32.2 Å². The summed E-state index contributed by atoms with van der Waals surface area (Å²) >= 11 is 0. The van der Waals surface area contributed by atoms with Crippen LogP contribution in [0.3, 0.4) is 0 Å². The summed E-state index contributed by atoms with van der Waals surface area (Å²) in [5.74, 6) is 1.13. The molecule has 0 aromatic carbocycles. The van der Waals surface area contributed by atoms with E-state index >= 15 is 0 Å². The molecule has 0 radical (unpaired) electrons. The lowest BCUT2D eigenvalue weighted by Gasteiger charge is -2.30. The van der Waals surface area contributed by atoms with Gasteiger partial charge in [0.15, 0.2) is 5.65 Å². The normalized spacial score (nSPS) is 16.3. The van der Waals surface area contributed by atoms with Gasteiger partial charge in [-0.3, -0.25) is 5.10 Å². The number of aromatic nitrogens is 5. The predicted molar refractivity (Wildman–Crippen MR) is 109 cm³/mol. The fourth-order valence-electron chi connectivity index (χ4n) is 3.46. The van der Waals surface area contributed by atoms with Crippen LogP contribution in [-0.2, 0) is 10.0 Å². The van der Waals surface area contributed by atoms with E-state index in [0.717, 1.165) is 17.5 Å². The van der Waals surface area contributed by atoms with Crippen molar-refractivity contribution < 1.29 is 13.2 Å². The van der Waals surface area contributed by atoms with Gasteiger partial charge < -0.3 is 10.1 Å². The second kappa shape index (κ2) is 7.99. The first-order chi connectivity index (χ1) is 14.0. The number of sulfonamides is 1. The molecule has 0 amide bonds. The first-order valence-electron chi connectivity index (χ1n) is 9.69. The molecule has 0 spiro atoms. The van der Waals surface area contributed by atoms with E-state index in [2.05, 4.69) is 32.5 Å². The monoisotopic (exact) mass is 419 g/mol. The molecule has 1 saturated heterocycles. The Morgan fingerprint density at radius 3 is 2.76 bits per heavy atom. The zero-order valence-electron chi connectivity index (χ0n) is 16.5. The maximum Gasteiger partial charge on any atom is 0.243 e. The van der Waals surface area contributed by atoms with Crippen LogP contribution in [0.2, 0.25) is 0 Å². The van der Waals surface area contributed by atoms with Crippen LogP contribution in [-0.4, -0.2) is 69.5 Å². The first kappa shape index (κ1) is 19.6.